The maximum absolute atomic E-state index is 13.0. The first-order valence-corrected chi connectivity index (χ1v) is 12.0. The lowest BCUT2D eigenvalue weighted by Gasteiger charge is -2.35. The molecule has 0 unspecified atom stereocenters. The summed E-state index contributed by atoms with van der Waals surface area (Å²) >= 11 is 7.51. The van der Waals surface area contributed by atoms with Crippen molar-refractivity contribution in [3.8, 4) is 5.75 Å². The summed E-state index contributed by atoms with van der Waals surface area (Å²) in [6.45, 7) is 5.01. The van der Waals surface area contributed by atoms with Gasteiger partial charge in [0.25, 0.3) is 11.8 Å². The number of carbonyl (C=O) groups excluding carboxylic acids is 2. The fourth-order valence-corrected chi connectivity index (χ4v) is 5.05. The van der Waals surface area contributed by atoms with Gasteiger partial charge in [0.2, 0.25) is 0 Å². The number of aromatic nitrogens is 1. The van der Waals surface area contributed by atoms with Crippen LogP contribution in [0.3, 0.4) is 0 Å². The van der Waals surface area contributed by atoms with Gasteiger partial charge in [0.15, 0.2) is 6.61 Å². The van der Waals surface area contributed by atoms with Crippen LogP contribution in [0.15, 0.2) is 47.8 Å². The second-order valence-electron chi connectivity index (χ2n) is 8.13. The summed E-state index contributed by atoms with van der Waals surface area (Å²) < 4.78 is 5.55. The number of anilines is 2. The molecule has 0 aliphatic carbocycles. The molecule has 0 radical (unpaired) electrons. The first-order valence-electron chi connectivity index (χ1n) is 10.8. The minimum atomic E-state index is -0.117. The Kier molecular flexibility index (Phi) is 5.95. The van der Waals surface area contributed by atoms with Crippen LogP contribution in [0.5, 0.6) is 5.75 Å². The minimum Gasteiger partial charge on any atom is -0.482 e. The molecule has 170 valence electrons. The number of amides is 2. The van der Waals surface area contributed by atoms with Crippen LogP contribution in [0.1, 0.15) is 21.1 Å². The van der Waals surface area contributed by atoms with Crippen LogP contribution < -0.4 is 14.5 Å². The molecule has 1 fully saturated rings. The Morgan fingerprint density at radius 2 is 1.97 bits per heavy atom. The van der Waals surface area contributed by atoms with E-state index in [1.165, 1.54) is 11.3 Å². The van der Waals surface area contributed by atoms with Crippen LogP contribution in [0.2, 0.25) is 5.02 Å². The molecule has 0 N–H and O–H groups in total. The van der Waals surface area contributed by atoms with E-state index < -0.39 is 0 Å². The Balaban J connectivity index is 1.25. The molecule has 5 rings (SSSR count). The number of ether oxygens (including phenoxy) is 1. The number of benzene rings is 2. The van der Waals surface area contributed by atoms with Crippen LogP contribution >= 0.6 is 22.9 Å². The zero-order valence-corrected chi connectivity index (χ0v) is 19.7. The van der Waals surface area contributed by atoms with Crippen LogP contribution in [-0.4, -0.2) is 54.5 Å². The number of aryl methyl sites for hydroxylation is 1. The van der Waals surface area contributed by atoms with Crippen molar-refractivity contribution in [3.05, 3.63) is 69.1 Å². The highest BCUT2D eigenvalue weighted by atomic mass is 35.5. The monoisotopic (exact) mass is 482 g/mol. The molecule has 1 saturated heterocycles. The van der Waals surface area contributed by atoms with Gasteiger partial charge >= 0.3 is 0 Å². The molecule has 2 aromatic carbocycles. The number of hydrogen-bond donors (Lipinski definition) is 0. The van der Waals surface area contributed by atoms with E-state index in [0.29, 0.717) is 36.1 Å². The van der Waals surface area contributed by atoms with Gasteiger partial charge < -0.3 is 14.5 Å². The molecule has 7 nitrogen and oxygen atoms in total. The van der Waals surface area contributed by atoms with Gasteiger partial charge in [-0.3, -0.25) is 14.5 Å². The van der Waals surface area contributed by atoms with Crippen molar-refractivity contribution < 1.29 is 14.3 Å². The topological polar surface area (TPSA) is 66.0 Å². The number of rotatable bonds is 4. The van der Waals surface area contributed by atoms with Crippen LogP contribution in [0, 0.1) is 6.92 Å². The number of fused-ring (bicyclic) bond motifs is 1. The molecule has 2 amide bonds. The minimum absolute atomic E-state index is 0.00410. The highest BCUT2D eigenvalue weighted by Crippen LogP contribution is 2.34. The van der Waals surface area contributed by atoms with Gasteiger partial charge in [-0.2, -0.15) is 0 Å². The first-order chi connectivity index (χ1) is 16.0. The van der Waals surface area contributed by atoms with Crippen molar-refractivity contribution in [3.63, 3.8) is 0 Å². The highest BCUT2D eigenvalue weighted by molar-refractivity contribution is 7.09. The largest absolute Gasteiger partial charge is 0.482 e. The summed E-state index contributed by atoms with van der Waals surface area (Å²) in [6.07, 6.45) is 0. The average Bonchev–Trinajstić information content (AvgIpc) is 3.29. The molecule has 0 saturated carbocycles. The molecule has 3 aromatic rings. The molecular formula is C24H23ClN4O3S. The van der Waals surface area contributed by atoms with Gasteiger partial charge in [-0.25, -0.2) is 4.98 Å². The highest BCUT2D eigenvalue weighted by Gasteiger charge is 2.28. The summed E-state index contributed by atoms with van der Waals surface area (Å²) in [7, 11) is 0. The molecule has 2 aliphatic heterocycles. The van der Waals surface area contributed by atoms with Crippen molar-refractivity contribution in [2.75, 3.05) is 42.6 Å². The summed E-state index contributed by atoms with van der Waals surface area (Å²) in [5, 5.41) is 3.21. The van der Waals surface area contributed by atoms with E-state index in [0.717, 1.165) is 35.0 Å². The third-order valence-electron chi connectivity index (χ3n) is 5.86. The summed E-state index contributed by atoms with van der Waals surface area (Å²) in [6, 6.07) is 13.5. The lowest BCUT2D eigenvalue weighted by molar-refractivity contribution is -0.121. The smallest absolute Gasteiger partial charge is 0.273 e. The van der Waals surface area contributed by atoms with Crippen LogP contribution in [0.4, 0.5) is 11.4 Å². The average molecular weight is 483 g/mol. The third-order valence-corrected chi connectivity index (χ3v) is 6.93. The molecule has 33 heavy (non-hydrogen) atoms. The number of hydrogen-bond acceptors (Lipinski definition) is 6. The van der Waals surface area contributed by atoms with Crippen LogP contribution in [-0.2, 0) is 11.3 Å². The summed E-state index contributed by atoms with van der Waals surface area (Å²) in [5.74, 6) is 0.492. The van der Waals surface area contributed by atoms with E-state index in [-0.39, 0.29) is 18.4 Å². The van der Waals surface area contributed by atoms with E-state index in [2.05, 4.69) is 9.88 Å². The lowest BCUT2D eigenvalue weighted by atomic mass is 10.1. The summed E-state index contributed by atoms with van der Waals surface area (Å²) in [5.41, 5.74) is 3.28. The quantitative estimate of drug-likeness (QED) is 0.562. The van der Waals surface area contributed by atoms with Gasteiger partial charge in [-0.05, 0) is 42.8 Å². The number of piperazine rings is 1. The van der Waals surface area contributed by atoms with Gasteiger partial charge in [-0.1, -0.05) is 23.7 Å². The van der Waals surface area contributed by atoms with Crippen molar-refractivity contribution >= 4 is 46.1 Å². The van der Waals surface area contributed by atoms with E-state index in [1.54, 1.807) is 10.3 Å². The van der Waals surface area contributed by atoms with Crippen molar-refractivity contribution in [2.45, 2.75) is 13.5 Å². The molecule has 1 aromatic heterocycles. The fourth-order valence-electron chi connectivity index (χ4n) is 4.11. The van der Waals surface area contributed by atoms with E-state index in [1.807, 2.05) is 54.3 Å². The van der Waals surface area contributed by atoms with E-state index >= 15 is 0 Å². The Bertz CT molecular complexity index is 1210. The molecule has 0 spiro atoms. The Morgan fingerprint density at radius 1 is 1.15 bits per heavy atom. The predicted octanol–water partition coefficient (Wildman–Crippen LogP) is 3.99. The fraction of sp³-hybridized carbons (Fsp3) is 0.292. The molecular weight excluding hydrogens is 460 g/mol. The van der Waals surface area contributed by atoms with Crippen molar-refractivity contribution in [1.82, 2.24) is 9.88 Å². The number of carbonyl (C=O) groups is 2. The first kappa shape index (κ1) is 21.7. The lowest BCUT2D eigenvalue weighted by Crippen LogP contribution is -2.48. The third kappa shape index (κ3) is 4.54. The normalized spacial score (nSPS) is 15.9. The van der Waals surface area contributed by atoms with Gasteiger partial charge in [-0.15, -0.1) is 11.3 Å². The van der Waals surface area contributed by atoms with E-state index in [4.69, 9.17) is 16.3 Å². The maximum Gasteiger partial charge on any atom is 0.273 e. The molecule has 3 heterocycles. The second kappa shape index (κ2) is 9.03. The number of nitrogens with zero attached hydrogens (tertiary/aromatic N) is 4. The standard InChI is InChI=1S/C24H23ClN4O3S/c1-16-5-6-21-20(11-16)29(23(30)14-32-21)13-22-26-19(15-33-22)24(31)28-9-7-27(8-10-28)18-4-2-3-17(25)12-18/h2-6,11-12,15H,7-10,13-14H2,1H3. The van der Waals surface area contributed by atoms with Crippen LogP contribution in [0.25, 0.3) is 0 Å². The van der Waals surface area contributed by atoms with E-state index in [9.17, 15) is 9.59 Å². The van der Waals surface area contributed by atoms with Gasteiger partial charge in [0.1, 0.15) is 16.5 Å². The Morgan fingerprint density at radius 3 is 2.76 bits per heavy atom. The van der Waals surface area contributed by atoms with Gasteiger partial charge in [0.05, 0.1) is 12.2 Å². The number of thiazole rings is 1. The second-order valence-corrected chi connectivity index (χ2v) is 9.50. The molecule has 0 bridgehead atoms. The molecule has 2 aliphatic rings. The predicted molar refractivity (Wildman–Crippen MR) is 130 cm³/mol. The van der Waals surface area contributed by atoms with Crippen molar-refractivity contribution in [1.29, 1.82) is 0 Å². The zero-order chi connectivity index (χ0) is 22.9. The Labute approximate surface area is 201 Å². The Hall–Kier alpha value is -3.10. The molecule has 0 atom stereocenters. The molecule has 9 heteroatoms. The van der Waals surface area contributed by atoms with Gasteiger partial charge in [0, 0.05) is 42.3 Å². The zero-order valence-electron chi connectivity index (χ0n) is 18.2. The summed E-state index contributed by atoms with van der Waals surface area (Å²) in [4.78, 5) is 35.9. The number of halogens is 1. The maximum atomic E-state index is 13.0. The van der Waals surface area contributed by atoms with Crippen molar-refractivity contribution in [2.24, 2.45) is 0 Å². The SMILES string of the molecule is Cc1ccc2c(c1)N(Cc1nc(C(=O)N3CCN(c4cccc(Cl)c4)CC3)cs1)C(=O)CO2.